The summed E-state index contributed by atoms with van der Waals surface area (Å²) in [4.78, 5) is 65.7. The number of carbonyl (C=O) groups excluding carboxylic acids is 4. The summed E-state index contributed by atoms with van der Waals surface area (Å²) < 4.78 is 29.1. The molecule has 15 heteroatoms. The van der Waals surface area contributed by atoms with Gasteiger partial charge in [-0.1, -0.05) is 13.0 Å². The van der Waals surface area contributed by atoms with E-state index < -0.39 is 35.1 Å². The molecule has 2 aliphatic carbocycles. The molecule has 4 aromatic rings. The molecule has 4 fully saturated rings. The lowest BCUT2D eigenvalue weighted by Crippen LogP contribution is -2.63. The van der Waals surface area contributed by atoms with E-state index >= 15 is 0 Å². The van der Waals surface area contributed by atoms with E-state index in [4.69, 9.17) is 0 Å². The standard InChI is InChI=1S/C42H49F2N9O4/c1-40-23-31-27(22-33(40)42(40,43)44)36(50-49-31)30-20-25-8-9-26(21-29(25)46-30)51(3)35(55)19-24-12-17-52(18-13-24)41(2)14-4-5-16-53(41)32-7-6-15-45-37(32)39(57)47-28-10-11-34(54)48-38(28)56/h6-9,15,20-21,24,28,33,46H,4-5,10-14,16-19,22-23H2,1-3H3,(H,47,57)(H,49,50)(H,48,54,56)/t28-,33+,40-,41?/m1/s1. The lowest BCUT2D eigenvalue weighted by Gasteiger charge is -2.54. The fourth-order valence-corrected chi connectivity index (χ4v) is 10.1. The van der Waals surface area contributed by atoms with Gasteiger partial charge in [0.05, 0.1) is 17.0 Å². The van der Waals surface area contributed by atoms with Crippen molar-refractivity contribution in [2.45, 2.75) is 95.7 Å². The van der Waals surface area contributed by atoms with E-state index in [1.165, 1.54) is 0 Å². The molecular weight excluding hydrogens is 733 g/mol. The van der Waals surface area contributed by atoms with Crippen molar-refractivity contribution in [3.05, 3.63) is 59.5 Å². The van der Waals surface area contributed by atoms with Gasteiger partial charge in [-0.25, -0.2) is 13.8 Å². The summed E-state index contributed by atoms with van der Waals surface area (Å²) in [5.41, 5.74) is 4.34. The van der Waals surface area contributed by atoms with Crippen LogP contribution in [0.4, 0.5) is 20.2 Å². The second-order valence-electron chi connectivity index (χ2n) is 17.2. The average molecular weight is 782 g/mol. The summed E-state index contributed by atoms with van der Waals surface area (Å²) in [6.07, 6.45) is 7.67. The summed E-state index contributed by atoms with van der Waals surface area (Å²) >= 11 is 0. The third-order valence-electron chi connectivity index (χ3n) is 13.9. The Hall–Kier alpha value is -5.18. The number of nitrogens with one attached hydrogen (secondary N) is 4. The number of pyridine rings is 1. The van der Waals surface area contributed by atoms with Gasteiger partial charge in [-0.3, -0.25) is 34.5 Å². The number of fused-ring (bicyclic) bond motifs is 3. The van der Waals surface area contributed by atoms with Crippen molar-refractivity contribution in [2.24, 2.45) is 17.3 Å². The highest BCUT2D eigenvalue weighted by Crippen LogP contribution is 2.70. The van der Waals surface area contributed by atoms with Crippen molar-refractivity contribution in [1.82, 2.24) is 35.7 Å². The normalized spacial score (nSPS) is 27.4. The van der Waals surface area contributed by atoms with Crippen molar-refractivity contribution < 1.29 is 28.0 Å². The molecule has 300 valence electrons. The van der Waals surface area contributed by atoms with Crippen LogP contribution in [-0.4, -0.2) is 93.0 Å². The SMILES string of the molecule is CN(C(=O)CC1CCN(C2(C)CCCCN2c2cccnc2C(=O)N[C@@H]2CCC(=O)NC2=O)CC1)c1ccc2cc(-c3n[nH]c4c3C[C@@H]3C(F)(F)[C@]3(C)C4)[nH]c2c1. The first-order valence-electron chi connectivity index (χ1n) is 20.2. The Balaban J connectivity index is 0.838. The fourth-order valence-electron chi connectivity index (χ4n) is 10.1. The minimum absolute atomic E-state index is 0.0434. The minimum atomic E-state index is -2.66. The van der Waals surface area contributed by atoms with Crippen LogP contribution in [0, 0.1) is 17.3 Å². The summed E-state index contributed by atoms with van der Waals surface area (Å²) in [6, 6.07) is 10.8. The zero-order chi connectivity index (χ0) is 39.9. The Bertz CT molecular complexity index is 2280. The molecular formula is C42H49F2N9O4. The van der Waals surface area contributed by atoms with Crippen LogP contribution < -0.4 is 20.4 Å². The van der Waals surface area contributed by atoms with Gasteiger partial charge in [0.25, 0.3) is 11.8 Å². The number of rotatable bonds is 8. The van der Waals surface area contributed by atoms with Crippen LogP contribution in [0.15, 0.2) is 42.6 Å². The number of piperidine rings is 3. The number of alkyl halides is 2. The maximum absolute atomic E-state index is 14.5. The Kier molecular flexibility index (Phi) is 9.01. The number of aromatic nitrogens is 4. The first-order valence-corrected chi connectivity index (χ1v) is 20.2. The fraction of sp³-hybridized carbons (Fsp3) is 0.524. The van der Waals surface area contributed by atoms with Gasteiger partial charge in [-0.2, -0.15) is 5.10 Å². The molecule has 57 heavy (non-hydrogen) atoms. The molecule has 13 nitrogen and oxygen atoms in total. The molecule has 4 N–H and O–H groups in total. The maximum Gasteiger partial charge on any atom is 0.272 e. The van der Waals surface area contributed by atoms with Gasteiger partial charge < -0.3 is 20.1 Å². The highest BCUT2D eigenvalue weighted by molar-refractivity contribution is 6.05. The van der Waals surface area contributed by atoms with Crippen molar-refractivity contribution in [3.63, 3.8) is 0 Å². The zero-order valence-electron chi connectivity index (χ0n) is 32.6. The average Bonchev–Trinajstić information content (AvgIpc) is 3.58. The first kappa shape index (κ1) is 37.4. The van der Waals surface area contributed by atoms with Crippen molar-refractivity contribution in [1.29, 1.82) is 0 Å². The number of aromatic amines is 2. The number of nitrogens with zero attached hydrogens (tertiary/aromatic N) is 5. The number of anilines is 2. The zero-order valence-corrected chi connectivity index (χ0v) is 32.6. The maximum atomic E-state index is 14.5. The molecule has 3 saturated heterocycles. The number of likely N-dealkylation sites (tertiary alicyclic amines) is 1. The van der Waals surface area contributed by atoms with Crippen LogP contribution in [0.25, 0.3) is 22.3 Å². The van der Waals surface area contributed by atoms with E-state index in [2.05, 4.69) is 47.5 Å². The summed E-state index contributed by atoms with van der Waals surface area (Å²) in [5, 5.41) is 13.6. The summed E-state index contributed by atoms with van der Waals surface area (Å²) in [5.74, 6) is -4.33. The van der Waals surface area contributed by atoms with E-state index in [0.29, 0.717) is 30.6 Å². The van der Waals surface area contributed by atoms with Crippen LogP contribution in [-0.2, 0) is 27.2 Å². The number of hydrogen-bond donors (Lipinski definition) is 4. The topological polar surface area (TPSA) is 159 Å². The van der Waals surface area contributed by atoms with E-state index in [0.717, 1.165) is 85.3 Å². The number of hydrogen-bond acceptors (Lipinski definition) is 8. The van der Waals surface area contributed by atoms with E-state index in [1.807, 2.05) is 43.4 Å². The van der Waals surface area contributed by atoms with E-state index in [-0.39, 0.29) is 41.9 Å². The molecule has 1 unspecified atom stereocenters. The van der Waals surface area contributed by atoms with Gasteiger partial charge in [0.15, 0.2) is 5.69 Å². The Morgan fingerprint density at radius 3 is 2.65 bits per heavy atom. The molecule has 1 saturated carbocycles. The van der Waals surface area contributed by atoms with Gasteiger partial charge in [-0.15, -0.1) is 0 Å². The van der Waals surface area contributed by atoms with Crippen LogP contribution >= 0.6 is 0 Å². The molecule has 1 aromatic carbocycles. The van der Waals surface area contributed by atoms with Crippen molar-refractivity contribution >= 4 is 45.9 Å². The number of imide groups is 1. The van der Waals surface area contributed by atoms with Gasteiger partial charge in [0.1, 0.15) is 11.7 Å². The molecule has 0 spiro atoms. The Labute approximate surface area is 329 Å². The van der Waals surface area contributed by atoms with Crippen LogP contribution in [0.1, 0.15) is 87.0 Å². The lowest BCUT2D eigenvalue weighted by molar-refractivity contribution is -0.134. The number of H-pyrrole nitrogens is 2. The summed E-state index contributed by atoms with van der Waals surface area (Å²) in [7, 11) is 1.81. The third-order valence-corrected chi connectivity index (χ3v) is 13.9. The van der Waals surface area contributed by atoms with Crippen LogP contribution in [0.3, 0.4) is 0 Å². The van der Waals surface area contributed by atoms with Crippen LogP contribution in [0.5, 0.6) is 0 Å². The molecule has 5 aliphatic rings. The van der Waals surface area contributed by atoms with Crippen molar-refractivity contribution in [3.8, 4) is 11.4 Å². The third kappa shape index (κ3) is 6.29. The smallest absolute Gasteiger partial charge is 0.272 e. The molecule has 4 atom stereocenters. The van der Waals surface area contributed by atoms with Gasteiger partial charge in [-0.05, 0) is 88.1 Å². The second kappa shape index (κ2) is 13.7. The lowest BCUT2D eigenvalue weighted by atomic mass is 9.87. The van der Waals surface area contributed by atoms with Crippen molar-refractivity contribution in [2.75, 3.05) is 36.5 Å². The largest absolute Gasteiger partial charge is 0.353 e. The molecule has 0 radical (unpaired) electrons. The number of halogens is 2. The highest BCUT2D eigenvalue weighted by Gasteiger charge is 2.78. The highest BCUT2D eigenvalue weighted by atomic mass is 19.3. The number of carbonyl (C=O) groups is 4. The molecule has 0 bridgehead atoms. The monoisotopic (exact) mass is 781 g/mol. The van der Waals surface area contributed by atoms with E-state index in [1.54, 1.807) is 18.0 Å². The Morgan fingerprint density at radius 2 is 1.86 bits per heavy atom. The van der Waals surface area contributed by atoms with E-state index in [9.17, 15) is 28.0 Å². The molecule has 3 aromatic heterocycles. The second-order valence-corrected chi connectivity index (χ2v) is 17.2. The van der Waals surface area contributed by atoms with Gasteiger partial charge in [0, 0.05) is 91.3 Å². The molecule has 9 rings (SSSR count). The van der Waals surface area contributed by atoms with Crippen LogP contribution in [0.2, 0.25) is 0 Å². The molecule has 4 amide bonds. The molecule has 6 heterocycles. The predicted molar refractivity (Wildman–Crippen MR) is 210 cm³/mol. The Morgan fingerprint density at radius 1 is 1.05 bits per heavy atom. The first-order chi connectivity index (χ1) is 27.3. The van der Waals surface area contributed by atoms with Gasteiger partial charge >= 0.3 is 0 Å². The number of amides is 4. The van der Waals surface area contributed by atoms with Gasteiger partial charge in [0.2, 0.25) is 17.7 Å². The number of benzene rings is 1. The predicted octanol–water partition coefficient (Wildman–Crippen LogP) is 5.33. The summed E-state index contributed by atoms with van der Waals surface area (Å²) in [6.45, 7) is 6.25. The molecule has 3 aliphatic heterocycles. The quantitative estimate of drug-likeness (QED) is 0.175. The minimum Gasteiger partial charge on any atom is -0.353 e.